The highest BCUT2D eigenvalue weighted by Gasteiger charge is 2.33. The topological polar surface area (TPSA) is 36.4 Å². The number of aliphatic imine (C=N–C) groups is 1. The Labute approximate surface area is 153 Å². The van der Waals surface area contributed by atoms with E-state index in [4.69, 9.17) is 4.99 Å². The number of nitrogens with one attached hydrogen (secondary N) is 2. The molecule has 3 nitrogen and oxygen atoms in total. The van der Waals surface area contributed by atoms with Gasteiger partial charge in [-0.05, 0) is 52.9 Å². The van der Waals surface area contributed by atoms with Gasteiger partial charge in [-0.25, -0.2) is 0 Å². The van der Waals surface area contributed by atoms with E-state index in [2.05, 4.69) is 66.6 Å². The molecule has 0 radical (unpaired) electrons. The first kappa shape index (κ1) is 15.0. The summed E-state index contributed by atoms with van der Waals surface area (Å²) in [6.45, 7) is 6.56. The molecule has 2 aliphatic rings. The molecule has 2 N–H and O–H groups in total. The maximum atomic E-state index is 4.76. The van der Waals surface area contributed by atoms with Crippen LogP contribution in [0.15, 0.2) is 72.2 Å². The number of para-hydroxylation sites is 1. The minimum atomic E-state index is 0.0131. The van der Waals surface area contributed by atoms with E-state index < -0.39 is 0 Å². The van der Waals surface area contributed by atoms with Gasteiger partial charge in [0.1, 0.15) is 6.04 Å². The van der Waals surface area contributed by atoms with Crippen LogP contribution in [0.4, 0.5) is 17.1 Å². The van der Waals surface area contributed by atoms with Gasteiger partial charge >= 0.3 is 0 Å². The second-order valence-electron chi connectivity index (χ2n) is 6.79. The summed E-state index contributed by atoms with van der Waals surface area (Å²) in [6, 6.07) is 20.9. The van der Waals surface area contributed by atoms with Crippen LogP contribution in [0.3, 0.4) is 0 Å². The van der Waals surface area contributed by atoms with E-state index in [0.717, 1.165) is 22.6 Å². The third-order valence-electron chi connectivity index (χ3n) is 5.20. The van der Waals surface area contributed by atoms with E-state index in [9.17, 15) is 0 Å². The zero-order valence-electron chi connectivity index (χ0n) is 14.6. The summed E-state index contributed by atoms with van der Waals surface area (Å²) in [6.07, 6.45) is 1.81. The SMILES string of the molecule is C=C1c2ccccc2C2N=CNc3c(Nc4ccccc4)cc(C)c1c32. The van der Waals surface area contributed by atoms with Crippen LogP contribution in [0.25, 0.3) is 5.57 Å². The van der Waals surface area contributed by atoms with Gasteiger partial charge in [-0.3, -0.25) is 4.99 Å². The van der Waals surface area contributed by atoms with Crippen molar-refractivity contribution in [2.75, 3.05) is 10.6 Å². The van der Waals surface area contributed by atoms with Gasteiger partial charge in [0, 0.05) is 11.3 Å². The van der Waals surface area contributed by atoms with Gasteiger partial charge in [0.05, 0.1) is 17.7 Å². The number of hydrogen-bond donors (Lipinski definition) is 2. The minimum Gasteiger partial charge on any atom is -0.354 e. The molecule has 1 atom stereocenters. The predicted octanol–water partition coefficient (Wildman–Crippen LogP) is 5.66. The molecule has 3 aromatic carbocycles. The fraction of sp³-hybridized carbons (Fsp3) is 0.0870. The van der Waals surface area contributed by atoms with E-state index in [0.29, 0.717) is 0 Å². The highest BCUT2D eigenvalue weighted by Crippen LogP contribution is 2.50. The van der Waals surface area contributed by atoms with Gasteiger partial charge in [0.15, 0.2) is 0 Å². The van der Waals surface area contributed by atoms with Crippen molar-refractivity contribution in [2.24, 2.45) is 4.99 Å². The van der Waals surface area contributed by atoms with Crippen LogP contribution in [0.2, 0.25) is 0 Å². The van der Waals surface area contributed by atoms with E-state index >= 15 is 0 Å². The Morgan fingerprint density at radius 2 is 1.81 bits per heavy atom. The van der Waals surface area contributed by atoms with Crippen molar-refractivity contribution in [3.63, 3.8) is 0 Å². The van der Waals surface area contributed by atoms with E-state index in [1.165, 1.54) is 27.8 Å². The summed E-state index contributed by atoms with van der Waals surface area (Å²) in [4.78, 5) is 4.76. The molecule has 1 aliphatic carbocycles. The fourth-order valence-corrected chi connectivity index (χ4v) is 4.08. The molecule has 0 bridgehead atoms. The van der Waals surface area contributed by atoms with Crippen LogP contribution in [0.5, 0.6) is 0 Å². The molecule has 3 heteroatoms. The lowest BCUT2D eigenvalue weighted by atomic mass is 9.76. The first-order valence-corrected chi connectivity index (χ1v) is 8.80. The molecular formula is C23H19N3. The van der Waals surface area contributed by atoms with Gasteiger partial charge in [0.2, 0.25) is 0 Å². The first-order valence-electron chi connectivity index (χ1n) is 8.80. The van der Waals surface area contributed by atoms with Gasteiger partial charge < -0.3 is 10.6 Å². The molecule has 1 aliphatic heterocycles. The lowest BCUT2D eigenvalue weighted by molar-refractivity contribution is 0.850. The molecule has 26 heavy (non-hydrogen) atoms. The van der Waals surface area contributed by atoms with Gasteiger partial charge in [0.25, 0.3) is 0 Å². The minimum absolute atomic E-state index is 0.0131. The number of hydrogen-bond acceptors (Lipinski definition) is 3. The summed E-state index contributed by atoms with van der Waals surface area (Å²) in [5.41, 5.74) is 10.4. The van der Waals surface area contributed by atoms with Crippen molar-refractivity contribution >= 4 is 29.0 Å². The molecule has 0 aromatic heterocycles. The van der Waals surface area contributed by atoms with Crippen LogP contribution in [-0.2, 0) is 0 Å². The van der Waals surface area contributed by atoms with Crippen LogP contribution in [0, 0.1) is 6.92 Å². The number of benzene rings is 3. The van der Waals surface area contributed by atoms with Gasteiger partial charge in [-0.15, -0.1) is 0 Å². The van der Waals surface area contributed by atoms with E-state index in [1.807, 2.05) is 24.5 Å². The Hall–Kier alpha value is -3.33. The molecular weight excluding hydrogens is 318 g/mol. The van der Waals surface area contributed by atoms with Gasteiger partial charge in [-0.1, -0.05) is 49.0 Å². The maximum Gasteiger partial charge on any atom is 0.105 e. The van der Waals surface area contributed by atoms with Crippen LogP contribution in [-0.4, -0.2) is 6.34 Å². The molecule has 1 unspecified atom stereocenters. The Morgan fingerprint density at radius 1 is 1.04 bits per heavy atom. The molecule has 3 aromatic rings. The van der Waals surface area contributed by atoms with Crippen molar-refractivity contribution < 1.29 is 0 Å². The Morgan fingerprint density at radius 3 is 2.65 bits per heavy atom. The Balaban J connectivity index is 1.73. The largest absolute Gasteiger partial charge is 0.354 e. The van der Waals surface area contributed by atoms with E-state index in [-0.39, 0.29) is 6.04 Å². The standard InChI is InChI=1S/C23H19N3/c1-14-12-19(26-16-8-4-3-5-9-16)23-21-20(14)15(2)17-10-6-7-11-18(17)22(21)24-13-25-23/h3-13,22,26H,2H2,1H3,(H,24,25). The second-order valence-corrected chi connectivity index (χ2v) is 6.79. The molecule has 5 rings (SSSR count). The summed E-state index contributed by atoms with van der Waals surface area (Å²) in [7, 11) is 0. The zero-order valence-corrected chi connectivity index (χ0v) is 14.6. The smallest absolute Gasteiger partial charge is 0.105 e. The summed E-state index contributed by atoms with van der Waals surface area (Å²) in [5, 5.41) is 6.93. The molecule has 126 valence electrons. The molecule has 0 spiro atoms. The third kappa shape index (κ3) is 2.10. The number of aryl methyl sites for hydroxylation is 1. The maximum absolute atomic E-state index is 4.76. The lowest BCUT2D eigenvalue weighted by Crippen LogP contribution is -2.20. The predicted molar refractivity (Wildman–Crippen MR) is 109 cm³/mol. The number of anilines is 3. The molecule has 0 saturated carbocycles. The van der Waals surface area contributed by atoms with Crippen molar-refractivity contribution in [2.45, 2.75) is 13.0 Å². The normalized spacial score (nSPS) is 16.5. The van der Waals surface area contributed by atoms with Crippen LogP contribution >= 0.6 is 0 Å². The monoisotopic (exact) mass is 337 g/mol. The number of nitrogens with zero attached hydrogens (tertiary/aromatic N) is 1. The zero-order chi connectivity index (χ0) is 17.7. The molecule has 0 amide bonds. The van der Waals surface area contributed by atoms with Crippen LogP contribution in [0.1, 0.15) is 33.9 Å². The second kappa shape index (κ2) is 5.60. The highest BCUT2D eigenvalue weighted by molar-refractivity contribution is 5.98. The fourth-order valence-electron chi connectivity index (χ4n) is 4.08. The quantitative estimate of drug-likeness (QED) is 0.633. The number of fused-ring (bicyclic) bond motifs is 2. The first-order chi connectivity index (χ1) is 12.7. The average Bonchev–Trinajstić information content (AvgIpc) is 2.68. The number of rotatable bonds is 2. The average molecular weight is 337 g/mol. The van der Waals surface area contributed by atoms with Crippen molar-refractivity contribution in [1.29, 1.82) is 0 Å². The Bertz CT molecular complexity index is 1060. The molecule has 0 saturated heterocycles. The lowest BCUT2D eigenvalue weighted by Gasteiger charge is -2.34. The van der Waals surface area contributed by atoms with Gasteiger partial charge in [-0.2, -0.15) is 0 Å². The van der Waals surface area contributed by atoms with Crippen molar-refractivity contribution in [3.8, 4) is 0 Å². The van der Waals surface area contributed by atoms with E-state index in [1.54, 1.807) is 0 Å². The summed E-state index contributed by atoms with van der Waals surface area (Å²) >= 11 is 0. The molecule has 0 fully saturated rings. The molecule has 1 heterocycles. The van der Waals surface area contributed by atoms with Crippen LogP contribution < -0.4 is 10.6 Å². The third-order valence-corrected chi connectivity index (χ3v) is 5.20. The van der Waals surface area contributed by atoms with Crippen molar-refractivity contribution in [3.05, 3.63) is 95.1 Å². The highest BCUT2D eigenvalue weighted by atomic mass is 15.0. The summed E-state index contributed by atoms with van der Waals surface area (Å²) < 4.78 is 0. The van der Waals surface area contributed by atoms with Crippen molar-refractivity contribution in [1.82, 2.24) is 0 Å². The summed E-state index contributed by atoms with van der Waals surface area (Å²) in [5.74, 6) is 0. The Kier molecular flexibility index (Phi) is 3.22.